The third-order valence-electron chi connectivity index (χ3n) is 1.04. The van der Waals surface area contributed by atoms with Crippen LogP contribution < -0.4 is 0 Å². The van der Waals surface area contributed by atoms with Gasteiger partial charge < -0.3 is 20.4 Å². The third-order valence-corrected chi connectivity index (χ3v) is 1.41. The van der Waals surface area contributed by atoms with Crippen LogP contribution in [0.4, 0.5) is 0 Å². The number of aliphatic carboxylic acids is 2. The molecule has 4 N–H and O–H groups in total. The standard InChI is InChI=1S/2C4H8O2S.C2H6O2/c2*1-3(7)2-4(5)6;3-1-2-4/h2*3,7H,2H2,1H3,(H,5,6);3-4H,1-2H2. The number of aliphatic hydroxyl groups is 2. The second-order valence-corrected chi connectivity index (χ2v) is 5.10. The van der Waals surface area contributed by atoms with E-state index in [1.807, 2.05) is 0 Å². The van der Waals surface area contributed by atoms with Crippen LogP contribution in [0.1, 0.15) is 26.7 Å². The van der Waals surface area contributed by atoms with Crippen LogP contribution in [-0.2, 0) is 9.59 Å². The number of rotatable bonds is 5. The van der Waals surface area contributed by atoms with Gasteiger partial charge in [-0.05, 0) is 0 Å². The Morgan fingerprint density at radius 1 is 0.889 bits per heavy atom. The van der Waals surface area contributed by atoms with Crippen molar-refractivity contribution in [3.05, 3.63) is 0 Å². The highest BCUT2D eigenvalue weighted by molar-refractivity contribution is 7.81. The molecule has 0 amide bonds. The number of carboxylic acid groups (broad SMARTS) is 2. The molecule has 0 heterocycles. The van der Waals surface area contributed by atoms with Gasteiger partial charge in [-0.25, -0.2) is 0 Å². The zero-order chi connectivity index (χ0) is 15.1. The number of aliphatic hydroxyl groups excluding tert-OH is 2. The topological polar surface area (TPSA) is 115 Å². The predicted octanol–water partition coefficient (Wildman–Crippen LogP) is 0.530. The molecule has 0 aliphatic heterocycles. The highest BCUT2D eigenvalue weighted by Gasteiger charge is 1.99. The van der Waals surface area contributed by atoms with E-state index in [1.165, 1.54) is 0 Å². The molecule has 0 spiro atoms. The molecule has 0 aliphatic rings. The first kappa shape index (κ1) is 22.7. The van der Waals surface area contributed by atoms with Gasteiger partial charge in [0.1, 0.15) is 0 Å². The lowest BCUT2D eigenvalue weighted by atomic mass is 10.3. The number of hydrogen-bond acceptors (Lipinski definition) is 6. The molecule has 110 valence electrons. The summed E-state index contributed by atoms with van der Waals surface area (Å²) in [5.74, 6) is -1.58. The molecule has 18 heavy (non-hydrogen) atoms. The Morgan fingerprint density at radius 2 is 1.11 bits per heavy atom. The maximum atomic E-state index is 9.76. The Morgan fingerprint density at radius 3 is 1.11 bits per heavy atom. The number of hydrogen-bond donors (Lipinski definition) is 6. The van der Waals surface area contributed by atoms with Crippen LogP contribution in [-0.4, -0.2) is 56.1 Å². The van der Waals surface area contributed by atoms with Gasteiger partial charge in [0, 0.05) is 10.5 Å². The average Bonchev–Trinajstić information content (AvgIpc) is 2.14. The minimum atomic E-state index is -0.789. The fourth-order valence-electron chi connectivity index (χ4n) is 0.505. The Labute approximate surface area is 118 Å². The van der Waals surface area contributed by atoms with Crippen LogP contribution in [0.3, 0.4) is 0 Å². The molecule has 0 bridgehead atoms. The molecule has 0 aliphatic carbocycles. The summed E-state index contributed by atoms with van der Waals surface area (Å²) in [6.07, 6.45) is 0.284. The molecule has 0 radical (unpaired) electrons. The van der Waals surface area contributed by atoms with Crippen LogP contribution in [0, 0.1) is 0 Å². The maximum absolute atomic E-state index is 9.76. The van der Waals surface area contributed by atoms with Gasteiger partial charge in [-0.1, -0.05) is 13.8 Å². The van der Waals surface area contributed by atoms with E-state index in [2.05, 4.69) is 25.3 Å². The third kappa shape index (κ3) is 45.0. The smallest absolute Gasteiger partial charge is 0.304 e. The number of carboxylic acids is 2. The second-order valence-electron chi connectivity index (χ2n) is 3.34. The van der Waals surface area contributed by atoms with Gasteiger partial charge in [-0.3, -0.25) is 9.59 Å². The van der Waals surface area contributed by atoms with Crippen LogP contribution in [0.2, 0.25) is 0 Å². The van der Waals surface area contributed by atoms with Crippen LogP contribution >= 0.6 is 25.3 Å². The summed E-state index contributed by atoms with van der Waals surface area (Å²) < 4.78 is 0. The molecule has 6 nitrogen and oxygen atoms in total. The molecule has 2 unspecified atom stereocenters. The number of carbonyl (C=O) groups is 2. The monoisotopic (exact) mass is 302 g/mol. The summed E-state index contributed by atoms with van der Waals surface area (Å²) in [7, 11) is 0. The minimum Gasteiger partial charge on any atom is -0.481 e. The van der Waals surface area contributed by atoms with Crippen molar-refractivity contribution >= 4 is 37.2 Å². The molecule has 0 rings (SSSR count). The summed E-state index contributed by atoms with van der Waals surface area (Å²) in [4.78, 5) is 19.5. The molecule has 0 saturated carbocycles. The molecule has 0 fully saturated rings. The maximum Gasteiger partial charge on any atom is 0.304 e. The van der Waals surface area contributed by atoms with Gasteiger partial charge in [-0.15, -0.1) is 0 Å². The lowest BCUT2D eigenvalue weighted by Crippen LogP contribution is -2.01. The molecule has 2 atom stereocenters. The van der Waals surface area contributed by atoms with Crippen molar-refractivity contribution in [2.24, 2.45) is 0 Å². The molecule has 8 heteroatoms. The first-order valence-corrected chi connectivity index (χ1v) is 6.22. The summed E-state index contributed by atoms with van der Waals surface area (Å²) in [6, 6.07) is 0. The van der Waals surface area contributed by atoms with Crippen molar-refractivity contribution < 1.29 is 30.0 Å². The van der Waals surface area contributed by atoms with Crippen LogP contribution in [0.5, 0.6) is 0 Å². The normalized spacial score (nSPS) is 12.1. The van der Waals surface area contributed by atoms with Crippen molar-refractivity contribution in [1.82, 2.24) is 0 Å². The van der Waals surface area contributed by atoms with Crippen molar-refractivity contribution in [1.29, 1.82) is 0 Å². The van der Waals surface area contributed by atoms with Gasteiger partial charge in [0.05, 0.1) is 26.1 Å². The van der Waals surface area contributed by atoms with Crippen molar-refractivity contribution in [3.8, 4) is 0 Å². The quantitative estimate of drug-likeness (QED) is 0.413. The summed E-state index contributed by atoms with van der Waals surface area (Å²) in [5.41, 5.74) is 0. The fourth-order valence-corrected chi connectivity index (χ4v) is 0.818. The summed E-state index contributed by atoms with van der Waals surface area (Å²) in [5, 5.41) is 31.3. The zero-order valence-electron chi connectivity index (χ0n) is 10.5. The van der Waals surface area contributed by atoms with E-state index >= 15 is 0 Å². The lowest BCUT2D eigenvalue weighted by molar-refractivity contribution is -0.137. The first-order valence-electron chi connectivity index (χ1n) is 5.18. The Hall–Kier alpha value is -0.440. The van der Waals surface area contributed by atoms with Gasteiger partial charge >= 0.3 is 11.9 Å². The Balaban J connectivity index is -0.000000196. The van der Waals surface area contributed by atoms with Crippen LogP contribution in [0.25, 0.3) is 0 Å². The van der Waals surface area contributed by atoms with E-state index in [-0.39, 0.29) is 36.6 Å². The van der Waals surface area contributed by atoms with E-state index in [4.69, 9.17) is 20.4 Å². The molecule has 0 aromatic rings. The van der Waals surface area contributed by atoms with Crippen molar-refractivity contribution in [2.45, 2.75) is 37.2 Å². The van der Waals surface area contributed by atoms with E-state index < -0.39 is 11.9 Å². The van der Waals surface area contributed by atoms with Gasteiger partial charge in [0.15, 0.2) is 0 Å². The predicted molar refractivity (Wildman–Crippen MR) is 75.6 cm³/mol. The minimum absolute atomic E-state index is 0.0301. The van der Waals surface area contributed by atoms with E-state index in [0.29, 0.717) is 0 Å². The first-order chi connectivity index (χ1) is 8.17. The van der Waals surface area contributed by atoms with Crippen molar-refractivity contribution in [2.75, 3.05) is 13.2 Å². The Bertz CT molecular complexity index is 187. The zero-order valence-corrected chi connectivity index (χ0v) is 12.3. The molecular weight excluding hydrogens is 280 g/mol. The molecule has 0 aromatic heterocycles. The summed E-state index contributed by atoms with van der Waals surface area (Å²) in [6.45, 7) is 3.24. The highest BCUT2D eigenvalue weighted by Crippen LogP contribution is 1.97. The van der Waals surface area contributed by atoms with Gasteiger partial charge in [0.25, 0.3) is 0 Å². The van der Waals surface area contributed by atoms with Crippen molar-refractivity contribution in [3.63, 3.8) is 0 Å². The van der Waals surface area contributed by atoms with E-state index in [9.17, 15) is 9.59 Å². The SMILES string of the molecule is CC(S)CC(=O)O.CC(S)CC(=O)O.OCCO. The molecular formula is C10H22O6S2. The molecule has 0 aromatic carbocycles. The van der Waals surface area contributed by atoms with Gasteiger partial charge in [-0.2, -0.15) is 25.3 Å². The Kier molecular flexibility index (Phi) is 20.9. The summed E-state index contributed by atoms with van der Waals surface area (Å²) >= 11 is 7.71. The van der Waals surface area contributed by atoms with Gasteiger partial charge in [0.2, 0.25) is 0 Å². The van der Waals surface area contributed by atoms with E-state index in [0.717, 1.165) is 0 Å². The number of thiol groups is 2. The fraction of sp³-hybridized carbons (Fsp3) is 0.800. The largest absolute Gasteiger partial charge is 0.481 e. The highest BCUT2D eigenvalue weighted by atomic mass is 32.1. The second kappa shape index (κ2) is 16.6. The lowest BCUT2D eigenvalue weighted by Gasteiger charge is -1.93. The molecule has 0 saturated heterocycles. The van der Waals surface area contributed by atoms with Crippen LogP contribution in [0.15, 0.2) is 0 Å². The van der Waals surface area contributed by atoms with E-state index in [1.54, 1.807) is 13.8 Å². The average molecular weight is 302 g/mol.